The molecule has 0 spiro atoms. The fraction of sp³-hybridized carbons (Fsp3) is 0.381. The highest BCUT2D eigenvalue weighted by Crippen LogP contribution is 2.40. The molecule has 5 nitrogen and oxygen atoms in total. The molecule has 0 aliphatic carbocycles. The lowest BCUT2D eigenvalue weighted by atomic mass is 10.1. The zero-order valence-corrected chi connectivity index (χ0v) is 17.4. The third kappa shape index (κ3) is 6.21. The number of halogens is 6. The summed E-state index contributed by atoms with van der Waals surface area (Å²) >= 11 is 0. The highest BCUT2D eigenvalue weighted by molar-refractivity contribution is 6.05. The molecule has 0 aromatic heterocycles. The van der Waals surface area contributed by atoms with E-state index < -0.39 is 35.1 Å². The van der Waals surface area contributed by atoms with Crippen molar-refractivity contribution >= 4 is 11.6 Å². The van der Waals surface area contributed by atoms with Crippen LogP contribution < -0.4 is 19.5 Å². The summed E-state index contributed by atoms with van der Waals surface area (Å²) in [4.78, 5) is 12.7. The Bertz CT molecular complexity index is 897. The van der Waals surface area contributed by atoms with E-state index in [2.05, 4.69) is 5.32 Å². The molecule has 0 saturated heterocycles. The first-order valence-electron chi connectivity index (χ1n) is 9.57. The number of rotatable bonds is 8. The minimum absolute atomic E-state index is 0.0209. The van der Waals surface area contributed by atoms with Crippen LogP contribution in [0.4, 0.5) is 32.0 Å². The van der Waals surface area contributed by atoms with Gasteiger partial charge in [-0.25, -0.2) is 0 Å². The molecule has 0 unspecified atom stereocenters. The summed E-state index contributed by atoms with van der Waals surface area (Å²) in [5.41, 5.74) is -3.85. The van der Waals surface area contributed by atoms with Crippen LogP contribution in [0.15, 0.2) is 30.3 Å². The third-order valence-corrected chi connectivity index (χ3v) is 4.02. The predicted octanol–water partition coefficient (Wildman–Crippen LogP) is 6.17. The van der Waals surface area contributed by atoms with Gasteiger partial charge in [0.2, 0.25) is 5.75 Å². The lowest BCUT2D eigenvalue weighted by Crippen LogP contribution is -2.16. The second kappa shape index (κ2) is 10.0. The average Bonchev–Trinajstić information content (AvgIpc) is 2.69. The zero-order chi connectivity index (χ0) is 24.1. The van der Waals surface area contributed by atoms with Crippen LogP contribution in [0, 0.1) is 0 Å². The molecule has 2 aromatic rings. The molecule has 2 rings (SSSR count). The number of benzene rings is 2. The number of amides is 1. The molecule has 0 bridgehead atoms. The van der Waals surface area contributed by atoms with Gasteiger partial charge in [0, 0.05) is 11.3 Å². The Labute approximate surface area is 180 Å². The van der Waals surface area contributed by atoms with E-state index in [9.17, 15) is 31.1 Å². The summed E-state index contributed by atoms with van der Waals surface area (Å²) < 4.78 is 94.8. The van der Waals surface area contributed by atoms with Gasteiger partial charge in [-0.1, -0.05) is 0 Å². The lowest BCUT2D eigenvalue weighted by molar-refractivity contribution is -0.143. The number of alkyl halides is 6. The number of carbonyl (C=O) groups is 1. The Hall–Kier alpha value is -3.11. The van der Waals surface area contributed by atoms with Crippen LogP contribution in [0.5, 0.6) is 17.2 Å². The third-order valence-electron chi connectivity index (χ3n) is 4.02. The van der Waals surface area contributed by atoms with E-state index in [0.29, 0.717) is 12.1 Å². The molecular weight excluding hydrogens is 444 g/mol. The first-order valence-corrected chi connectivity index (χ1v) is 9.57. The number of anilines is 1. The van der Waals surface area contributed by atoms with Gasteiger partial charge < -0.3 is 19.5 Å². The van der Waals surface area contributed by atoms with E-state index in [4.69, 9.17) is 14.2 Å². The van der Waals surface area contributed by atoms with Crippen molar-refractivity contribution in [2.75, 3.05) is 25.1 Å². The van der Waals surface area contributed by atoms with Crippen LogP contribution >= 0.6 is 0 Å². The molecular formula is C21H21F6NO4. The van der Waals surface area contributed by atoms with Gasteiger partial charge >= 0.3 is 12.4 Å². The standard InChI is InChI=1S/C21H21F6NO4/c1-4-30-16-7-12(8-17(31-5-2)18(16)32-6-3)19(29)28-15-10-13(20(22,23)24)9-14(11-15)21(25,26)27/h7-11H,4-6H2,1-3H3,(H,28,29). The summed E-state index contributed by atoms with van der Waals surface area (Å²) in [5.74, 6) is -0.440. The highest BCUT2D eigenvalue weighted by atomic mass is 19.4. The van der Waals surface area contributed by atoms with Gasteiger partial charge in [-0.15, -0.1) is 0 Å². The number of ether oxygens (including phenoxy) is 3. The first kappa shape index (κ1) is 25.2. The van der Waals surface area contributed by atoms with Gasteiger partial charge in [0.15, 0.2) is 11.5 Å². The van der Waals surface area contributed by atoms with Crippen LogP contribution in [0.1, 0.15) is 42.3 Å². The smallest absolute Gasteiger partial charge is 0.416 e. The van der Waals surface area contributed by atoms with E-state index >= 15 is 0 Å². The number of carbonyl (C=O) groups excluding carboxylic acids is 1. The van der Waals surface area contributed by atoms with Crippen LogP contribution in [0.25, 0.3) is 0 Å². The van der Waals surface area contributed by atoms with Crippen LogP contribution in [0.3, 0.4) is 0 Å². The number of hydrogen-bond donors (Lipinski definition) is 1. The number of nitrogens with one attached hydrogen (secondary N) is 1. The molecule has 0 saturated carbocycles. The van der Waals surface area contributed by atoms with Gasteiger partial charge in [-0.3, -0.25) is 4.79 Å². The van der Waals surface area contributed by atoms with Crippen molar-refractivity contribution < 1.29 is 45.3 Å². The molecule has 1 amide bonds. The summed E-state index contributed by atoms with van der Waals surface area (Å²) in [6.07, 6.45) is -10.1. The molecule has 11 heteroatoms. The summed E-state index contributed by atoms with van der Waals surface area (Å²) in [6.45, 7) is 5.76. The Morgan fingerprint density at radius 1 is 0.750 bits per heavy atom. The van der Waals surface area contributed by atoms with Crippen LogP contribution in [-0.4, -0.2) is 25.7 Å². The Kier molecular flexibility index (Phi) is 7.87. The van der Waals surface area contributed by atoms with Gasteiger partial charge in [-0.05, 0) is 51.1 Å². The van der Waals surface area contributed by atoms with Gasteiger partial charge in [0.05, 0.1) is 30.9 Å². The average molecular weight is 465 g/mol. The largest absolute Gasteiger partial charge is 0.490 e. The van der Waals surface area contributed by atoms with Crippen LogP contribution in [-0.2, 0) is 12.4 Å². The lowest BCUT2D eigenvalue weighted by Gasteiger charge is -2.18. The van der Waals surface area contributed by atoms with Gasteiger partial charge in [-0.2, -0.15) is 26.3 Å². The second-order valence-corrected chi connectivity index (χ2v) is 6.35. The van der Waals surface area contributed by atoms with E-state index in [1.807, 2.05) is 0 Å². The zero-order valence-electron chi connectivity index (χ0n) is 17.4. The normalized spacial score (nSPS) is 11.8. The molecule has 1 N–H and O–H groups in total. The molecule has 0 fully saturated rings. The SMILES string of the molecule is CCOc1cc(C(=O)Nc2cc(C(F)(F)F)cc(C(F)(F)F)c2)cc(OCC)c1OCC. The Balaban J connectivity index is 2.50. The van der Waals surface area contributed by atoms with Crippen LogP contribution in [0.2, 0.25) is 0 Å². The maximum absolute atomic E-state index is 13.1. The minimum atomic E-state index is -5.04. The van der Waals surface area contributed by atoms with E-state index in [-0.39, 0.29) is 48.7 Å². The Morgan fingerprint density at radius 3 is 1.56 bits per heavy atom. The monoisotopic (exact) mass is 465 g/mol. The molecule has 2 aromatic carbocycles. The van der Waals surface area contributed by atoms with Crippen molar-refractivity contribution in [3.05, 3.63) is 47.0 Å². The van der Waals surface area contributed by atoms with Crippen molar-refractivity contribution in [3.63, 3.8) is 0 Å². The first-order chi connectivity index (χ1) is 14.9. The molecule has 0 aliphatic rings. The van der Waals surface area contributed by atoms with Crippen molar-refractivity contribution in [2.45, 2.75) is 33.1 Å². The van der Waals surface area contributed by atoms with Crippen molar-refractivity contribution in [1.29, 1.82) is 0 Å². The Morgan fingerprint density at radius 2 is 1.19 bits per heavy atom. The molecule has 32 heavy (non-hydrogen) atoms. The molecule has 0 radical (unpaired) electrons. The quantitative estimate of drug-likeness (QED) is 0.474. The second-order valence-electron chi connectivity index (χ2n) is 6.35. The predicted molar refractivity (Wildman–Crippen MR) is 104 cm³/mol. The topological polar surface area (TPSA) is 56.8 Å². The fourth-order valence-corrected chi connectivity index (χ4v) is 2.75. The van der Waals surface area contributed by atoms with E-state index in [1.165, 1.54) is 12.1 Å². The van der Waals surface area contributed by atoms with Crippen molar-refractivity contribution in [1.82, 2.24) is 0 Å². The molecule has 0 atom stereocenters. The summed E-state index contributed by atoms with van der Waals surface area (Å²) in [7, 11) is 0. The number of hydrogen-bond acceptors (Lipinski definition) is 4. The molecule has 0 aliphatic heterocycles. The molecule has 0 heterocycles. The van der Waals surface area contributed by atoms with Gasteiger partial charge in [0.1, 0.15) is 0 Å². The van der Waals surface area contributed by atoms with Gasteiger partial charge in [0.25, 0.3) is 5.91 Å². The van der Waals surface area contributed by atoms with Crippen molar-refractivity contribution in [2.24, 2.45) is 0 Å². The maximum Gasteiger partial charge on any atom is 0.416 e. The highest BCUT2D eigenvalue weighted by Gasteiger charge is 2.37. The van der Waals surface area contributed by atoms with E-state index in [1.54, 1.807) is 20.8 Å². The summed E-state index contributed by atoms with van der Waals surface area (Å²) in [5, 5.41) is 2.08. The summed E-state index contributed by atoms with van der Waals surface area (Å²) in [6, 6.07) is 3.37. The molecule has 176 valence electrons. The van der Waals surface area contributed by atoms with E-state index in [0.717, 1.165) is 0 Å². The maximum atomic E-state index is 13.1. The van der Waals surface area contributed by atoms with Crippen molar-refractivity contribution in [3.8, 4) is 17.2 Å². The minimum Gasteiger partial charge on any atom is -0.490 e. The fourth-order valence-electron chi connectivity index (χ4n) is 2.75.